The monoisotopic (exact) mass is 209 g/mol. The number of carbonyl (C=O) groups excluding carboxylic acids is 1. The first-order valence-electron chi connectivity index (χ1n) is 4.70. The molecule has 2 rings (SSSR count). The maximum Gasteiger partial charge on any atom is 0.224 e. The van der Waals surface area contributed by atoms with Crippen molar-refractivity contribution in [2.75, 3.05) is 12.5 Å². The van der Waals surface area contributed by atoms with Crippen LogP contribution in [-0.4, -0.2) is 23.4 Å². The van der Waals surface area contributed by atoms with Crippen molar-refractivity contribution < 1.29 is 4.79 Å². The van der Waals surface area contributed by atoms with Crippen LogP contribution in [0.3, 0.4) is 0 Å². The minimum Gasteiger partial charge on any atom is -0.328 e. The summed E-state index contributed by atoms with van der Waals surface area (Å²) in [4.78, 5) is 13.1. The van der Waals surface area contributed by atoms with Crippen LogP contribution in [0.5, 0.6) is 0 Å². The second-order valence-electron chi connectivity index (χ2n) is 3.55. The summed E-state index contributed by atoms with van der Waals surface area (Å²) in [5.74, 6) is 0.483. The lowest BCUT2D eigenvalue weighted by atomic mass is 9.99. The van der Waals surface area contributed by atoms with Gasteiger partial charge >= 0.3 is 0 Å². The average Bonchev–Trinajstić information content (AvgIpc) is 2.61. The van der Waals surface area contributed by atoms with Crippen molar-refractivity contribution in [1.29, 1.82) is 0 Å². The highest BCUT2D eigenvalue weighted by molar-refractivity contribution is 6.18. The highest BCUT2D eigenvalue weighted by atomic mass is 35.5. The van der Waals surface area contributed by atoms with E-state index in [0.717, 1.165) is 6.54 Å². The lowest BCUT2D eigenvalue weighted by Gasteiger charge is -2.12. The second-order valence-corrected chi connectivity index (χ2v) is 3.79. The van der Waals surface area contributed by atoms with Gasteiger partial charge in [0.15, 0.2) is 0 Å². The lowest BCUT2D eigenvalue weighted by molar-refractivity contribution is -0.126. The van der Waals surface area contributed by atoms with Gasteiger partial charge in [-0.3, -0.25) is 4.79 Å². The smallest absolute Gasteiger partial charge is 0.224 e. The summed E-state index contributed by atoms with van der Waals surface area (Å²) >= 11 is 5.66. The number of alkyl halides is 1. The van der Waals surface area contributed by atoms with Gasteiger partial charge in [0.25, 0.3) is 0 Å². The van der Waals surface area contributed by atoms with Gasteiger partial charge in [0.2, 0.25) is 5.91 Å². The fourth-order valence-electron chi connectivity index (χ4n) is 1.84. The molecule has 0 aliphatic carbocycles. The molecule has 1 amide bonds. The molecular formula is C11H12ClNO. The van der Waals surface area contributed by atoms with Crippen LogP contribution in [0.1, 0.15) is 17.9 Å². The number of nitrogens with zero attached hydrogens (tertiary/aromatic N) is 1. The Morgan fingerprint density at radius 2 is 2.07 bits per heavy atom. The molecule has 1 fully saturated rings. The van der Waals surface area contributed by atoms with E-state index in [0.29, 0.717) is 18.3 Å². The van der Waals surface area contributed by atoms with Crippen molar-refractivity contribution >= 4 is 17.5 Å². The Labute approximate surface area is 88.5 Å². The number of carbonyl (C=O) groups is 1. The molecule has 0 N–H and O–H groups in total. The van der Waals surface area contributed by atoms with E-state index in [2.05, 4.69) is 12.1 Å². The average molecular weight is 210 g/mol. The van der Waals surface area contributed by atoms with Crippen molar-refractivity contribution in [3.63, 3.8) is 0 Å². The number of amides is 1. The normalized spacial score (nSPS) is 21.6. The fraction of sp³-hybridized carbons (Fsp3) is 0.364. The van der Waals surface area contributed by atoms with E-state index in [4.69, 9.17) is 11.6 Å². The van der Waals surface area contributed by atoms with Crippen molar-refractivity contribution in [3.8, 4) is 0 Å². The van der Waals surface area contributed by atoms with Crippen molar-refractivity contribution in [3.05, 3.63) is 35.9 Å². The van der Waals surface area contributed by atoms with E-state index < -0.39 is 0 Å². The van der Waals surface area contributed by atoms with E-state index in [-0.39, 0.29) is 5.91 Å². The minimum atomic E-state index is 0.161. The predicted molar refractivity (Wildman–Crippen MR) is 56.2 cm³/mol. The third kappa shape index (κ3) is 1.75. The zero-order valence-corrected chi connectivity index (χ0v) is 8.57. The summed E-state index contributed by atoms with van der Waals surface area (Å²) in [5, 5.41) is 0. The summed E-state index contributed by atoms with van der Waals surface area (Å²) in [5.41, 5.74) is 1.23. The van der Waals surface area contributed by atoms with Crippen LogP contribution in [0.15, 0.2) is 30.3 Å². The molecule has 1 aliphatic rings. The van der Waals surface area contributed by atoms with E-state index in [1.165, 1.54) is 5.56 Å². The van der Waals surface area contributed by atoms with Gasteiger partial charge in [-0.25, -0.2) is 0 Å². The minimum absolute atomic E-state index is 0.161. The number of hydrogen-bond acceptors (Lipinski definition) is 1. The van der Waals surface area contributed by atoms with E-state index in [1.807, 2.05) is 18.2 Å². The van der Waals surface area contributed by atoms with Crippen molar-refractivity contribution in [2.24, 2.45) is 0 Å². The molecule has 14 heavy (non-hydrogen) atoms. The molecule has 0 spiro atoms. The maximum absolute atomic E-state index is 11.4. The third-order valence-corrected chi connectivity index (χ3v) is 2.92. The van der Waals surface area contributed by atoms with Gasteiger partial charge < -0.3 is 4.90 Å². The maximum atomic E-state index is 11.4. The summed E-state index contributed by atoms with van der Waals surface area (Å²) < 4.78 is 0. The Morgan fingerprint density at radius 1 is 1.36 bits per heavy atom. The Bertz CT molecular complexity index is 325. The van der Waals surface area contributed by atoms with Crippen molar-refractivity contribution in [1.82, 2.24) is 4.90 Å². The fourth-order valence-corrected chi connectivity index (χ4v) is 2.07. The second kappa shape index (κ2) is 4.01. The molecule has 1 saturated heterocycles. The molecule has 2 nitrogen and oxygen atoms in total. The molecule has 1 aromatic rings. The molecule has 0 saturated carbocycles. The quantitative estimate of drug-likeness (QED) is 0.540. The molecule has 74 valence electrons. The molecule has 1 unspecified atom stereocenters. The molecule has 0 aromatic heterocycles. The van der Waals surface area contributed by atoms with Gasteiger partial charge in [0.05, 0.1) is 6.00 Å². The Morgan fingerprint density at radius 3 is 2.64 bits per heavy atom. The summed E-state index contributed by atoms with van der Waals surface area (Å²) in [7, 11) is 0. The number of rotatable bonds is 2. The zero-order chi connectivity index (χ0) is 9.97. The summed E-state index contributed by atoms with van der Waals surface area (Å²) in [6, 6.07) is 10.4. The van der Waals surface area contributed by atoms with Crippen LogP contribution in [0.4, 0.5) is 0 Å². The highest BCUT2D eigenvalue weighted by Crippen LogP contribution is 2.27. The topological polar surface area (TPSA) is 20.3 Å². The van der Waals surface area contributed by atoms with Crippen LogP contribution in [0.25, 0.3) is 0 Å². The first-order valence-corrected chi connectivity index (χ1v) is 5.23. The Kier molecular flexibility index (Phi) is 2.73. The van der Waals surface area contributed by atoms with Gasteiger partial charge in [-0.15, -0.1) is 11.6 Å². The molecular weight excluding hydrogens is 198 g/mol. The summed E-state index contributed by atoms with van der Waals surface area (Å²) in [6.45, 7) is 0.756. The highest BCUT2D eigenvalue weighted by Gasteiger charge is 2.29. The molecule has 1 heterocycles. The van der Waals surface area contributed by atoms with Crippen LogP contribution in [-0.2, 0) is 4.79 Å². The molecule has 1 atom stereocenters. The van der Waals surface area contributed by atoms with Gasteiger partial charge in [-0.2, -0.15) is 0 Å². The number of hydrogen-bond donors (Lipinski definition) is 0. The first kappa shape index (κ1) is 9.53. The van der Waals surface area contributed by atoms with Crippen LogP contribution < -0.4 is 0 Å². The van der Waals surface area contributed by atoms with Gasteiger partial charge in [0.1, 0.15) is 0 Å². The van der Waals surface area contributed by atoms with Gasteiger partial charge in [-0.1, -0.05) is 30.3 Å². The Hall–Kier alpha value is -1.02. The van der Waals surface area contributed by atoms with E-state index in [1.54, 1.807) is 4.90 Å². The number of likely N-dealkylation sites (tertiary alicyclic amines) is 1. The van der Waals surface area contributed by atoms with Crippen LogP contribution in [0.2, 0.25) is 0 Å². The van der Waals surface area contributed by atoms with E-state index in [9.17, 15) is 4.79 Å². The molecule has 1 aliphatic heterocycles. The van der Waals surface area contributed by atoms with Crippen molar-refractivity contribution in [2.45, 2.75) is 12.3 Å². The number of benzene rings is 1. The van der Waals surface area contributed by atoms with Gasteiger partial charge in [0, 0.05) is 18.9 Å². The van der Waals surface area contributed by atoms with Crippen LogP contribution >= 0.6 is 11.6 Å². The molecule has 0 radical (unpaired) electrons. The number of halogens is 1. The third-order valence-electron chi connectivity index (χ3n) is 2.63. The van der Waals surface area contributed by atoms with Gasteiger partial charge in [-0.05, 0) is 5.56 Å². The SMILES string of the molecule is O=C1CC(c2ccccc2)CN1CCl. The Balaban J connectivity index is 2.13. The molecule has 0 bridgehead atoms. The van der Waals surface area contributed by atoms with Crippen LogP contribution in [0, 0.1) is 0 Å². The van der Waals surface area contributed by atoms with E-state index >= 15 is 0 Å². The molecule has 3 heteroatoms. The molecule has 1 aromatic carbocycles. The predicted octanol–water partition coefficient (Wildman–Crippen LogP) is 2.20. The standard InChI is InChI=1S/C11H12ClNO/c12-8-13-7-10(6-11(13)14)9-4-2-1-3-5-9/h1-5,10H,6-8H2. The zero-order valence-electron chi connectivity index (χ0n) is 7.82. The lowest BCUT2D eigenvalue weighted by Crippen LogP contribution is -2.23. The first-order chi connectivity index (χ1) is 6.81. The largest absolute Gasteiger partial charge is 0.328 e. The summed E-state index contributed by atoms with van der Waals surface area (Å²) in [6.07, 6.45) is 0.594.